The molecule has 3 atom stereocenters. The van der Waals surface area contributed by atoms with Crippen molar-refractivity contribution in [2.45, 2.75) is 57.3 Å². The Morgan fingerprint density at radius 3 is 2.77 bits per heavy atom. The van der Waals surface area contributed by atoms with Crippen LogP contribution in [0.4, 0.5) is 16.3 Å². The van der Waals surface area contributed by atoms with Gasteiger partial charge < -0.3 is 29.3 Å². The van der Waals surface area contributed by atoms with Crippen LogP contribution in [0, 0.1) is 18.3 Å². The number of hydrogen-bond donors (Lipinski definition) is 1. The molecule has 4 aliphatic rings. The van der Waals surface area contributed by atoms with E-state index < -0.39 is 12.1 Å². The van der Waals surface area contributed by atoms with Gasteiger partial charge in [-0.2, -0.15) is 15.2 Å². The van der Waals surface area contributed by atoms with E-state index in [2.05, 4.69) is 64.1 Å². The van der Waals surface area contributed by atoms with Gasteiger partial charge in [0.25, 0.3) is 0 Å². The first-order valence-corrected chi connectivity index (χ1v) is 15.7. The molecule has 7 rings (SSSR count). The summed E-state index contributed by atoms with van der Waals surface area (Å²) in [7, 11) is 0. The fraction of sp³-hybridized carbons (Fsp3) is 0.515. The molecule has 5 heterocycles. The van der Waals surface area contributed by atoms with Gasteiger partial charge in [0.05, 0.1) is 50.1 Å². The number of fused-ring (bicyclic) bond motifs is 4. The Morgan fingerprint density at radius 1 is 1.14 bits per heavy atom. The standard InChI is InChI=1S/C33H39N7O4/c1-22-5-2-6-23-7-3-8-29(30(22)23)38-13-10-27-28(20-38)35-32(43-16-4-12-37-19-26-17-25(37)21-44-26)36-31(27)39-14-15-40(33(41)42)24(18-39)9-11-34/h2-3,5-8,24-26H,4,9-10,12-21H2,1H3,(H,41,42)/t24-,25?,26?/m0/s1. The van der Waals surface area contributed by atoms with E-state index in [0.29, 0.717) is 50.9 Å². The Bertz CT molecular complexity index is 1590. The molecule has 44 heavy (non-hydrogen) atoms. The van der Waals surface area contributed by atoms with Crippen LogP contribution in [0.5, 0.6) is 6.01 Å². The summed E-state index contributed by atoms with van der Waals surface area (Å²) in [5, 5.41) is 21.6. The number of rotatable bonds is 8. The van der Waals surface area contributed by atoms with Crippen molar-refractivity contribution >= 4 is 28.4 Å². The Labute approximate surface area is 257 Å². The highest BCUT2D eigenvalue weighted by Crippen LogP contribution is 2.36. The molecule has 2 bridgehead atoms. The molecule has 0 spiro atoms. The summed E-state index contributed by atoms with van der Waals surface area (Å²) in [6, 6.07) is 15.5. The lowest BCUT2D eigenvalue weighted by Gasteiger charge is -2.41. The molecule has 11 heteroatoms. The van der Waals surface area contributed by atoms with E-state index in [4.69, 9.17) is 19.4 Å². The molecule has 2 aromatic carbocycles. The smallest absolute Gasteiger partial charge is 0.407 e. The summed E-state index contributed by atoms with van der Waals surface area (Å²) in [5.41, 5.74) is 4.46. The van der Waals surface area contributed by atoms with Gasteiger partial charge in [0.15, 0.2) is 0 Å². The third kappa shape index (κ3) is 5.48. The first kappa shape index (κ1) is 28.6. The summed E-state index contributed by atoms with van der Waals surface area (Å²) >= 11 is 0. The second-order valence-electron chi connectivity index (χ2n) is 12.4. The zero-order valence-electron chi connectivity index (χ0n) is 25.2. The molecule has 0 saturated carbocycles. The van der Waals surface area contributed by atoms with Gasteiger partial charge >= 0.3 is 12.1 Å². The van der Waals surface area contributed by atoms with Gasteiger partial charge in [0.2, 0.25) is 0 Å². The minimum absolute atomic E-state index is 0.136. The van der Waals surface area contributed by atoms with Gasteiger partial charge in [0, 0.05) is 61.9 Å². The molecule has 230 valence electrons. The fourth-order valence-electron chi connectivity index (χ4n) is 7.45. The number of hydrogen-bond acceptors (Lipinski definition) is 9. The molecule has 3 fully saturated rings. The number of nitriles is 1. The molecule has 2 unspecified atom stereocenters. The van der Waals surface area contributed by atoms with Gasteiger partial charge in [0.1, 0.15) is 5.82 Å². The van der Waals surface area contributed by atoms with Crippen molar-refractivity contribution in [3.05, 3.63) is 53.2 Å². The molecule has 1 N–H and O–H groups in total. The highest BCUT2D eigenvalue weighted by molar-refractivity contribution is 5.97. The average molecular weight is 598 g/mol. The van der Waals surface area contributed by atoms with Crippen LogP contribution in [0.1, 0.15) is 36.1 Å². The molecule has 1 amide bonds. The number of morpholine rings is 1. The Morgan fingerprint density at radius 2 is 2.00 bits per heavy atom. The van der Waals surface area contributed by atoms with E-state index in [-0.39, 0.29) is 6.42 Å². The number of nitrogens with zero attached hydrogens (tertiary/aromatic N) is 7. The second kappa shape index (κ2) is 12.1. The lowest BCUT2D eigenvalue weighted by molar-refractivity contribution is 0.0287. The normalized spacial score (nSPS) is 23.2. The summed E-state index contributed by atoms with van der Waals surface area (Å²) in [4.78, 5) is 30.2. The van der Waals surface area contributed by atoms with E-state index in [1.807, 2.05) is 0 Å². The van der Waals surface area contributed by atoms with E-state index in [9.17, 15) is 15.2 Å². The van der Waals surface area contributed by atoms with Crippen molar-refractivity contribution in [3.63, 3.8) is 0 Å². The highest BCUT2D eigenvalue weighted by atomic mass is 16.5. The third-order valence-electron chi connectivity index (χ3n) is 9.64. The van der Waals surface area contributed by atoms with Crippen molar-refractivity contribution < 1.29 is 19.4 Å². The number of piperazine rings is 1. The number of ether oxygens (including phenoxy) is 2. The van der Waals surface area contributed by atoms with Crippen molar-refractivity contribution in [3.8, 4) is 12.1 Å². The van der Waals surface area contributed by atoms with Crippen molar-refractivity contribution in [1.82, 2.24) is 19.8 Å². The maximum absolute atomic E-state index is 11.9. The number of aryl methyl sites for hydroxylation is 1. The SMILES string of the molecule is Cc1cccc2cccc(N3CCc4c(nc(OCCCN5CC6CC5CO6)nc4N4CCN(C(=O)O)[C@@H](CC#N)C4)C3)c12. The lowest BCUT2D eigenvalue weighted by atomic mass is 9.99. The number of amides is 1. The van der Waals surface area contributed by atoms with Gasteiger partial charge in [-0.05, 0) is 43.2 Å². The predicted molar refractivity (Wildman–Crippen MR) is 166 cm³/mol. The zero-order valence-corrected chi connectivity index (χ0v) is 25.2. The van der Waals surface area contributed by atoms with Crippen LogP contribution in [0.25, 0.3) is 10.8 Å². The van der Waals surface area contributed by atoms with Crippen molar-refractivity contribution in [2.24, 2.45) is 0 Å². The summed E-state index contributed by atoms with van der Waals surface area (Å²) < 4.78 is 12.0. The van der Waals surface area contributed by atoms with Crippen LogP contribution < -0.4 is 14.5 Å². The lowest BCUT2D eigenvalue weighted by Crippen LogP contribution is -2.55. The molecule has 0 aliphatic carbocycles. The zero-order chi connectivity index (χ0) is 30.2. The molecular formula is C33H39N7O4. The minimum Gasteiger partial charge on any atom is -0.465 e. The van der Waals surface area contributed by atoms with E-state index >= 15 is 0 Å². The summed E-state index contributed by atoms with van der Waals surface area (Å²) in [6.45, 7) is 8.14. The molecule has 1 aromatic heterocycles. The van der Waals surface area contributed by atoms with Crippen LogP contribution in [0.2, 0.25) is 0 Å². The maximum atomic E-state index is 11.9. The molecule has 11 nitrogen and oxygen atoms in total. The van der Waals surface area contributed by atoms with Crippen LogP contribution in [-0.2, 0) is 17.7 Å². The molecule has 0 radical (unpaired) electrons. The summed E-state index contributed by atoms with van der Waals surface area (Å²) in [6.07, 6.45) is 2.30. The minimum atomic E-state index is -0.988. The first-order chi connectivity index (χ1) is 21.5. The summed E-state index contributed by atoms with van der Waals surface area (Å²) in [5.74, 6) is 0.806. The van der Waals surface area contributed by atoms with E-state index in [0.717, 1.165) is 62.6 Å². The number of anilines is 2. The predicted octanol–water partition coefficient (Wildman–Crippen LogP) is 3.83. The maximum Gasteiger partial charge on any atom is 0.407 e. The number of benzene rings is 2. The fourth-order valence-corrected chi connectivity index (χ4v) is 7.45. The van der Waals surface area contributed by atoms with Gasteiger partial charge in [-0.25, -0.2) is 4.79 Å². The number of aromatic nitrogens is 2. The number of carboxylic acid groups (broad SMARTS) is 1. The van der Waals surface area contributed by atoms with E-state index in [1.54, 1.807) is 0 Å². The topological polar surface area (TPSA) is 118 Å². The first-order valence-electron chi connectivity index (χ1n) is 15.7. The quantitative estimate of drug-likeness (QED) is 0.384. The molecular weight excluding hydrogens is 558 g/mol. The Balaban J connectivity index is 1.15. The largest absolute Gasteiger partial charge is 0.465 e. The highest BCUT2D eigenvalue weighted by Gasteiger charge is 2.38. The van der Waals surface area contributed by atoms with Crippen LogP contribution in [-0.4, -0.2) is 102 Å². The molecule has 4 aliphatic heterocycles. The molecule has 3 saturated heterocycles. The number of carbonyl (C=O) groups is 1. The number of likely N-dealkylation sites (tertiary alicyclic amines) is 1. The van der Waals surface area contributed by atoms with Gasteiger partial charge in [-0.15, -0.1) is 0 Å². The Kier molecular flexibility index (Phi) is 7.87. The monoisotopic (exact) mass is 597 g/mol. The van der Waals surface area contributed by atoms with Crippen LogP contribution in [0.3, 0.4) is 0 Å². The van der Waals surface area contributed by atoms with Gasteiger partial charge in [-0.1, -0.05) is 30.3 Å². The van der Waals surface area contributed by atoms with E-state index in [1.165, 1.54) is 26.9 Å². The Hall–Kier alpha value is -4.14. The van der Waals surface area contributed by atoms with Crippen LogP contribution >= 0.6 is 0 Å². The third-order valence-corrected chi connectivity index (χ3v) is 9.64. The van der Waals surface area contributed by atoms with Crippen molar-refractivity contribution in [1.29, 1.82) is 5.26 Å². The van der Waals surface area contributed by atoms with Crippen LogP contribution in [0.15, 0.2) is 36.4 Å². The molecule has 3 aromatic rings. The average Bonchev–Trinajstić information content (AvgIpc) is 3.66. The van der Waals surface area contributed by atoms with Gasteiger partial charge in [-0.3, -0.25) is 4.90 Å². The van der Waals surface area contributed by atoms with Crippen molar-refractivity contribution in [2.75, 3.05) is 62.3 Å². The second-order valence-corrected chi connectivity index (χ2v) is 12.4.